The van der Waals surface area contributed by atoms with Crippen LogP contribution in [0, 0.1) is 0 Å². The fraction of sp³-hybridized carbons (Fsp3) is 0.321. The Bertz CT molecular complexity index is 981. The molecule has 0 saturated carbocycles. The van der Waals surface area contributed by atoms with Gasteiger partial charge < -0.3 is 4.74 Å². The van der Waals surface area contributed by atoms with Gasteiger partial charge >= 0.3 is 5.97 Å². The molecule has 30 heavy (non-hydrogen) atoms. The Morgan fingerprint density at radius 2 is 1.03 bits per heavy atom. The number of carbonyl (C=O) groups is 1. The molecule has 0 aliphatic heterocycles. The summed E-state index contributed by atoms with van der Waals surface area (Å²) in [5.41, 5.74) is 5.77. The Morgan fingerprint density at radius 3 is 1.47 bits per heavy atom. The fourth-order valence-corrected chi connectivity index (χ4v) is 3.31. The summed E-state index contributed by atoms with van der Waals surface area (Å²) < 4.78 is 5.53. The van der Waals surface area contributed by atoms with Gasteiger partial charge in [-0.15, -0.1) is 0 Å². The molecule has 0 aliphatic carbocycles. The van der Waals surface area contributed by atoms with E-state index in [1.54, 1.807) is 0 Å². The normalized spacial score (nSPS) is 11.9. The molecule has 2 heteroatoms. The summed E-state index contributed by atoms with van der Waals surface area (Å²) >= 11 is 0. The Balaban J connectivity index is 1.63. The highest BCUT2D eigenvalue weighted by atomic mass is 16.5. The van der Waals surface area contributed by atoms with E-state index in [-0.39, 0.29) is 16.8 Å². The predicted octanol–water partition coefficient (Wildman–Crippen LogP) is 7.09. The van der Waals surface area contributed by atoms with Gasteiger partial charge in [0.15, 0.2) is 0 Å². The zero-order valence-electron chi connectivity index (χ0n) is 19.0. The number of carbonyl (C=O) groups excluding carboxylic acids is 1. The first-order valence-corrected chi connectivity index (χ1v) is 10.5. The Hall–Kier alpha value is -2.87. The highest BCUT2D eigenvalue weighted by Gasteiger charge is 2.15. The van der Waals surface area contributed by atoms with Crippen LogP contribution in [0.3, 0.4) is 0 Å². The molecular formula is C28H32O2. The molecule has 0 amide bonds. The van der Waals surface area contributed by atoms with Gasteiger partial charge in [0.2, 0.25) is 0 Å². The minimum Gasteiger partial charge on any atom is -0.423 e. The van der Waals surface area contributed by atoms with E-state index in [9.17, 15) is 4.79 Å². The van der Waals surface area contributed by atoms with E-state index < -0.39 is 0 Å². The molecule has 0 aromatic heterocycles. The van der Waals surface area contributed by atoms with Crippen molar-refractivity contribution in [2.24, 2.45) is 0 Å². The number of hydrogen-bond donors (Lipinski definition) is 0. The summed E-state index contributed by atoms with van der Waals surface area (Å²) in [7, 11) is 0. The maximum Gasteiger partial charge on any atom is 0.343 e. The molecule has 0 N–H and O–H groups in total. The maximum atomic E-state index is 12.5. The second kappa shape index (κ2) is 8.47. The van der Waals surface area contributed by atoms with Gasteiger partial charge in [-0.1, -0.05) is 90.1 Å². The number of esters is 1. The molecule has 3 aromatic carbocycles. The van der Waals surface area contributed by atoms with E-state index in [1.165, 1.54) is 22.3 Å². The molecule has 0 atom stereocenters. The Kier molecular flexibility index (Phi) is 6.17. The van der Waals surface area contributed by atoms with Crippen LogP contribution >= 0.6 is 0 Å². The van der Waals surface area contributed by atoms with Crippen molar-refractivity contribution in [3.8, 4) is 5.75 Å². The quantitative estimate of drug-likeness (QED) is 0.345. The van der Waals surface area contributed by atoms with Crippen LogP contribution in [0.2, 0.25) is 0 Å². The van der Waals surface area contributed by atoms with Gasteiger partial charge in [0.05, 0.1) is 5.56 Å². The maximum absolute atomic E-state index is 12.5. The van der Waals surface area contributed by atoms with Gasteiger partial charge in [-0.3, -0.25) is 0 Å². The summed E-state index contributed by atoms with van der Waals surface area (Å²) in [6.45, 7) is 13.1. The molecule has 0 spiro atoms. The fourth-order valence-electron chi connectivity index (χ4n) is 3.31. The largest absolute Gasteiger partial charge is 0.423 e. The van der Waals surface area contributed by atoms with Gasteiger partial charge in [0.1, 0.15) is 5.75 Å². The van der Waals surface area contributed by atoms with Crippen molar-refractivity contribution >= 4 is 5.97 Å². The molecular weight excluding hydrogens is 368 g/mol. The average Bonchev–Trinajstić information content (AvgIpc) is 2.68. The second-order valence-corrected chi connectivity index (χ2v) is 9.98. The van der Waals surface area contributed by atoms with Crippen molar-refractivity contribution in [3.05, 3.63) is 101 Å². The van der Waals surface area contributed by atoms with Crippen LogP contribution < -0.4 is 4.74 Å². The topological polar surface area (TPSA) is 26.3 Å². The van der Waals surface area contributed by atoms with Gasteiger partial charge in [-0.25, -0.2) is 4.79 Å². The number of ether oxygens (including phenoxy) is 1. The molecule has 0 saturated heterocycles. The molecule has 0 radical (unpaired) electrons. The number of rotatable bonds is 4. The zero-order valence-corrected chi connectivity index (χ0v) is 19.0. The standard InChI is InChI=1S/C28H32O2/c1-27(2,3)23-13-9-21(10-14-23)19-20-7-11-22(12-8-20)26(29)30-25-17-15-24(16-18-25)28(4,5)6/h7-18H,19H2,1-6H3. The lowest BCUT2D eigenvalue weighted by Crippen LogP contribution is -2.11. The zero-order chi connectivity index (χ0) is 21.9. The van der Waals surface area contributed by atoms with Crippen molar-refractivity contribution in [1.82, 2.24) is 0 Å². The Morgan fingerprint density at radius 1 is 0.633 bits per heavy atom. The van der Waals surface area contributed by atoms with E-state index in [4.69, 9.17) is 4.74 Å². The smallest absolute Gasteiger partial charge is 0.343 e. The van der Waals surface area contributed by atoms with Gasteiger partial charge in [0, 0.05) is 0 Å². The highest BCUT2D eigenvalue weighted by Crippen LogP contribution is 2.25. The Labute approximate surface area is 180 Å². The lowest BCUT2D eigenvalue weighted by molar-refractivity contribution is 0.0734. The molecule has 0 heterocycles. The van der Waals surface area contributed by atoms with Crippen LogP contribution in [-0.2, 0) is 17.3 Å². The number of hydrogen-bond acceptors (Lipinski definition) is 2. The summed E-state index contributed by atoms with van der Waals surface area (Å²) in [6.07, 6.45) is 0.841. The van der Waals surface area contributed by atoms with Crippen molar-refractivity contribution < 1.29 is 9.53 Å². The molecule has 3 aromatic rings. The van der Waals surface area contributed by atoms with Crippen LogP contribution in [0.4, 0.5) is 0 Å². The monoisotopic (exact) mass is 400 g/mol. The minimum atomic E-state index is -0.334. The molecule has 2 nitrogen and oxygen atoms in total. The lowest BCUT2D eigenvalue weighted by atomic mass is 9.86. The molecule has 156 valence electrons. The third-order valence-electron chi connectivity index (χ3n) is 5.35. The summed E-state index contributed by atoms with van der Waals surface area (Å²) in [5, 5.41) is 0. The molecule has 0 bridgehead atoms. The summed E-state index contributed by atoms with van der Waals surface area (Å²) in [4.78, 5) is 12.5. The van der Waals surface area contributed by atoms with Crippen LogP contribution in [-0.4, -0.2) is 5.97 Å². The molecule has 0 fully saturated rings. The number of benzene rings is 3. The summed E-state index contributed by atoms with van der Waals surface area (Å²) in [6, 6.07) is 24.2. The average molecular weight is 401 g/mol. The predicted molar refractivity (Wildman–Crippen MR) is 124 cm³/mol. The first kappa shape index (κ1) is 21.8. The van der Waals surface area contributed by atoms with E-state index in [0.717, 1.165) is 6.42 Å². The second-order valence-electron chi connectivity index (χ2n) is 9.98. The minimum absolute atomic E-state index is 0.0748. The van der Waals surface area contributed by atoms with Crippen molar-refractivity contribution in [2.75, 3.05) is 0 Å². The lowest BCUT2D eigenvalue weighted by Gasteiger charge is -2.19. The molecule has 0 unspecified atom stereocenters. The van der Waals surface area contributed by atoms with E-state index >= 15 is 0 Å². The van der Waals surface area contributed by atoms with Crippen LogP contribution in [0.1, 0.15) is 74.2 Å². The van der Waals surface area contributed by atoms with E-state index in [2.05, 4.69) is 65.8 Å². The first-order valence-electron chi connectivity index (χ1n) is 10.5. The molecule has 3 rings (SSSR count). The van der Waals surface area contributed by atoms with Gasteiger partial charge in [0.25, 0.3) is 0 Å². The van der Waals surface area contributed by atoms with Crippen molar-refractivity contribution in [3.63, 3.8) is 0 Å². The van der Waals surface area contributed by atoms with Crippen LogP contribution in [0.25, 0.3) is 0 Å². The van der Waals surface area contributed by atoms with Crippen LogP contribution in [0.15, 0.2) is 72.8 Å². The van der Waals surface area contributed by atoms with E-state index in [1.807, 2.05) is 48.5 Å². The van der Waals surface area contributed by atoms with Crippen molar-refractivity contribution in [1.29, 1.82) is 0 Å². The summed E-state index contributed by atoms with van der Waals surface area (Å²) in [5.74, 6) is 0.232. The van der Waals surface area contributed by atoms with Gasteiger partial charge in [-0.2, -0.15) is 0 Å². The molecule has 0 aliphatic rings. The van der Waals surface area contributed by atoms with Crippen LogP contribution in [0.5, 0.6) is 5.75 Å². The van der Waals surface area contributed by atoms with Crippen molar-refractivity contribution in [2.45, 2.75) is 58.8 Å². The first-order chi connectivity index (χ1) is 14.0. The van der Waals surface area contributed by atoms with E-state index in [0.29, 0.717) is 11.3 Å². The van der Waals surface area contributed by atoms with Gasteiger partial charge in [-0.05, 0) is 63.8 Å². The third-order valence-corrected chi connectivity index (χ3v) is 5.35. The highest BCUT2D eigenvalue weighted by molar-refractivity contribution is 5.91. The SMILES string of the molecule is CC(C)(C)c1ccc(Cc2ccc(C(=O)Oc3ccc(C(C)(C)C)cc3)cc2)cc1. The third kappa shape index (κ3) is 5.60.